The van der Waals surface area contributed by atoms with Gasteiger partial charge in [-0.15, -0.1) is 0 Å². The molecule has 0 radical (unpaired) electrons. The van der Waals surface area contributed by atoms with Gasteiger partial charge in [-0.25, -0.2) is 4.98 Å². The van der Waals surface area contributed by atoms with Crippen LogP contribution in [-0.4, -0.2) is 42.5 Å². The minimum atomic E-state index is -0.277. The van der Waals surface area contributed by atoms with Gasteiger partial charge in [0, 0.05) is 26.2 Å². The molecule has 98 valence electrons. The minimum Gasteiger partial charge on any atom is -0.469 e. The summed E-state index contributed by atoms with van der Waals surface area (Å²) in [4.78, 5) is 28.3. The predicted octanol–water partition coefficient (Wildman–Crippen LogP) is 1.76. The maximum atomic E-state index is 11.9. The molecule has 1 rings (SSSR count). The first-order valence-electron chi connectivity index (χ1n) is 5.48. The van der Waals surface area contributed by atoms with Gasteiger partial charge in [0.2, 0.25) is 0 Å². The monoisotopic (exact) mass is 270 g/mol. The summed E-state index contributed by atoms with van der Waals surface area (Å²) < 4.78 is 4.52. The smallest absolute Gasteiger partial charge is 0.305 e. The molecule has 0 bridgehead atoms. The molecule has 0 aromatic carbocycles. The Morgan fingerprint density at radius 1 is 1.44 bits per heavy atom. The third kappa shape index (κ3) is 4.33. The maximum absolute atomic E-state index is 11.9. The summed E-state index contributed by atoms with van der Waals surface area (Å²) in [7, 11) is 3.00. The van der Waals surface area contributed by atoms with Crippen LogP contribution in [0.2, 0.25) is 5.02 Å². The van der Waals surface area contributed by atoms with Crippen LogP contribution in [0, 0.1) is 0 Å². The van der Waals surface area contributed by atoms with Crippen molar-refractivity contribution < 1.29 is 14.3 Å². The highest BCUT2D eigenvalue weighted by molar-refractivity contribution is 6.30. The molecule has 0 saturated carbocycles. The molecule has 0 saturated heterocycles. The summed E-state index contributed by atoms with van der Waals surface area (Å²) in [5.41, 5.74) is 0.333. The number of aromatic nitrogens is 1. The number of hydrogen-bond donors (Lipinski definition) is 0. The number of carbonyl (C=O) groups excluding carboxylic acids is 2. The molecule has 0 spiro atoms. The average Bonchev–Trinajstić information content (AvgIpc) is 2.38. The Hall–Kier alpha value is -1.62. The highest BCUT2D eigenvalue weighted by Gasteiger charge is 2.13. The lowest BCUT2D eigenvalue weighted by Gasteiger charge is -2.16. The van der Waals surface area contributed by atoms with E-state index >= 15 is 0 Å². The van der Waals surface area contributed by atoms with Crippen molar-refractivity contribution in [2.45, 2.75) is 12.8 Å². The normalized spacial score (nSPS) is 9.94. The van der Waals surface area contributed by atoms with Crippen molar-refractivity contribution in [3.63, 3.8) is 0 Å². The molecule has 1 amide bonds. The van der Waals surface area contributed by atoms with Gasteiger partial charge in [-0.2, -0.15) is 0 Å². The molecular formula is C12H15ClN2O3. The van der Waals surface area contributed by atoms with Gasteiger partial charge in [0.15, 0.2) is 0 Å². The Labute approximate surface area is 111 Å². The molecule has 6 heteroatoms. The van der Waals surface area contributed by atoms with Crippen LogP contribution in [0.25, 0.3) is 0 Å². The number of ether oxygens (including phenoxy) is 1. The van der Waals surface area contributed by atoms with Crippen molar-refractivity contribution in [2.24, 2.45) is 0 Å². The second-order valence-electron chi connectivity index (χ2n) is 3.77. The molecule has 1 aromatic rings. The topological polar surface area (TPSA) is 59.5 Å². The van der Waals surface area contributed by atoms with Crippen molar-refractivity contribution in [1.29, 1.82) is 0 Å². The highest BCUT2D eigenvalue weighted by atomic mass is 35.5. The van der Waals surface area contributed by atoms with E-state index in [0.717, 1.165) is 0 Å². The van der Waals surface area contributed by atoms with Gasteiger partial charge in [0.05, 0.1) is 12.1 Å². The Kier molecular flexibility index (Phi) is 5.58. The Morgan fingerprint density at radius 3 is 2.72 bits per heavy atom. The van der Waals surface area contributed by atoms with E-state index in [2.05, 4.69) is 9.72 Å². The second-order valence-corrected chi connectivity index (χ2v) is 4.20. The van der Waals surface area contributed by atoms with Gasteiger partial charge in [-0.05, 0) is 18.6 Å². The van der Waals surface area contributed by atoms with Crippen LogP contribution in [-0.2, 0) is 9.53 Å². The summed E-state index contributed by atoms with van der Waals surface area (Å²) in [6.07, 6.45) is 2.28. The van der Waals surface area contributed by atoms with Gasteiger partial charge in [0.1, 0.15) is 5.69 Å². The first-order valence-corrected chi connectivity index (χ1v) is 5.86. The van der Waals surface area contributed by atoms with E-state index in [1.165, 1.54) is 18.2 Å². The molecule has 0 unspecified atom stereocenters. The molecule has 0 atom stereocenters. The summed E-state index contributed by atoms with van der Waals surface area (Å²) in [6.45, 7) is 0.470. The van der Waals surface area contributed by atoms with Gasteiger partial charge < -0.3 is 9.64 Å². The van der Waals surface area contributed by atoms with Gasteiger partial charge in [0.25, 0.3) is 5.91 Å². The number of halogens is 1. The zero-order chi connectivity index (χ0) is 13.5. The van der Waals surface area contributed by atoms with E-state index in [9.17, 15) is 9.59 Å². The lowest BCUT2D eigenvalue weighted by molar-refractivity contribution is -0.140. The molecule has 0 aliphatic heterocycles. The number of carbonyl (C=O) groups is 2. The van der Waals surface area contributed by atoms with E-state index in [-0.39, 0.29) is 11.9 Å². The zero-order valence-electron chi connectivity index (χ0n) is 10.4. The summed E-state index contributed by atoms with van der Waals surface area (Å²) in [6, 6.07) is 3.19. The molecule has 5 nitrogen and oxygen atoms in total. The predicted molar refractivity (Wildman–Crippen MR) is 67.5 cm³/mol. The minimum absolute atomic E-state index is 0.198. The van der Waals surface area contributed by atoms with E-state index in [4.69, 9.17) is 11.6 Å². The SMILES string of the molecule is COC(=O)CCCN(C)C(=O)c1ccc(Cl)cn1. The number of methoxy groups -OCH3 is 1. The Balaban J connectivity index is 2.46. The number of pyridine rings is 1. The van der Waals surface area contributed by atoms with E-state index in [1.54, 1.807) is 19.2 Å². The maximum Gasteiger partial charge on any atom is 0.305 e. The van der Waals surface area contributed by atoms with Crippen LogP contribution >= 0.6 is 11.6 Å². The fourth-order valence-electron chi connectivity index (χ4n) is 1.36. The number of hydrogen-bond acceptors (Lipinski definition) is 4. The van der Waals surface area contributed by atoms with Crippen molar-refractivity contribution >= 4 is 23.5 Å². The van der Waals surface area contributed by atoms with Gasteiger partial charge in [-0.1, -0.05) is 11.6 Å². The van der Waals surface area contributed by atoms with Crippen molar-refractivity contribution in [3.05, 3.63) is 29.0 Å². The number of esters is 1. The van der Waals surface area contributed by atoms with E-state index in [0.29, 0.717) is 30.1 Å². The molecule has 0 aliphatic carbocycles. The van der Waals surface area contributed by atoms with Crippen molar-refractivity contribution in [2.75, 3.05) is 20.7 Å². The average molecular weight is 271 g/mol. The molecule has 1 heterocycles. The zero-order valence-corrected chi connectivity index (χ0v) is 11.1. The molecular weight excluding hydrogens is 256 g/mol. The summed E-state index contributed by atoms with van der Waals surface area (Å²) in [5, 5.41) is 0.486. The van der Waals surface area contributed by atoms with Crippen LogP contribution in [0.15, 0.2) is 18.3 Å². The third-order valence-electron chi connectivity index (χ3n) is 2.40. The highest BCUT2D eigenvalue weighted by Crippen LogP contribution is 2.08. The van der Waals surface area contributed by atoms with Crippen LogP contribution in [0.4, 0.5) is 0 Å². The van der Waals surface area contributed by atoms with Crippen LogP contribution in [0.5, 0.6) is 0 Å². The third-order valence-corrected chi connectivity index (χ3v) is 2.62. The molecule has 0 N–H and O–H groups in total. The molecule has 0 aliphatic rings. The second kappa shape index (κ2) is 6.96. The summed E-state index contributed by atoms with van der Waals surface area (Å²) >= 11 is 5.69. The number of amides is 1. The largest absolute Gasteiger partial charge is 0.469 e. The van der Waals surface area contributed by atoms with Crippen molar-refractivity contribution in [3.8, 4) is 0 Å². The number of rotatable bonds is 5. The first kappa shape index (κ1) is 14.4. The van der Waals surface area contributed by atoms with Gasteiger partial charge in [-0.3, -0.25) is 9.59 Å². The molecule has 18 heavy (non-hydrogen) atoms. The molecule has 1 aromatic heterocycles. The number of nitrogens with zero attached hydrogens (tertiary/aromatic N) is 2. The van der Waals surface area contributed by atoms with Crippen LogP contribution < -0.4 is 0 Å². The van der Waals surface area contributed by atoms with Crippen LogP contribution in [0.3, 0.4) is 0 Å². The molecule has 0 fully saturated rings. The lowest BCUT2D eigenvalue weighted by Crippen LogP contribution is -2.28. The first-order chi connectivity index (χ1) is 8.54. The Morgan fingerprint density at radius 2 is 2.17 bits per heavy atom. The standard InChI is InChI=1S/C12H15ClN2O3/c1-15(7-3-4-11(16)18-2)12(17)10-6-5-9(13)8-14-10/h5-6,8H,3-4,7H2,1-2H3. The van der Waals surface area contributed by atoms with E-state index < -0.39 is 0 Å². The van der Waals surface area contributed by atoms with Crippen LogP contribution in [0.1, 0.15) is 23.3 Å². The van der Waals surface area contributed by atoms with Gasteiger partial charge >= 0.3 is 5.97 Å². The quantitative estimate of drug-likeness (QED) is 0.765. The van der Waals surface area contributed by atoms with E-state index in [1.807, 2.05) is 0 Å². The fourth-order valence-corrected chi connectivity index (χ4v) is 1.47. The fraction of sp³-hybridized carbons (Fsp3) is 0.417. The summed E-state index contributed by atoms with van der Waals surface area (Å²) in [5.74, 6) is -0.475. The Bertz CT molecular complexity index is 420. The van der Waals surface area contributed by atoms with Crippen molar-refractivity contribution in [1.82, 2.24) is 9.88 Å². The lowest BCUT2D eigenvalue weighted by atomic mass is 10.2.